The Hall–Kier alpha value is -0.120. The first kappa shape index (κ1) is 13.9. The summed E-state index contributed by atoms with van der Waals surface area (Å²) in [7, 11) is 0. The third kappa shape index (κ3) is 4.81. The van der Waals surface area contributed by atoms with Crippen LogP contribution in [0.1, 0.15) is 51.9 Å². The zero-order chi connectivity index (χ0) is 11.7. The van der Waals surface area contributed by atoms with Crippen LogP contribution < -0.4 is 5.73 Å². The summed E-state index contributed by atoms with van der Waals surface area (Å²) in [6, 6.07) is 0. The molecule has 1 aliphatic rings. The van der Waals surface area contributed by atoms with E-state index < -0.39 is 0 Å². The molecule has 1 aliphatic heterocycles. The maximum absolute atomic E-state index is 5.95. The molecular formula is C13H27NO2. The Kier molecular flexibility index (Phi) is 7.01. The van der Waals surface area contributed by atoms with Gasteiger partial charge in [0.2, 0.25) is 0 Å². The summed E-state index contributed by atoms with van der Waals surface area (Å²) in [5.74, 6) is 0. The van der Waals surface area contributed by atoms with Gasteiger partial charge in [0.1, 0.15) is 5.60 Å². The van der Waals surface area contributed by atoms with Gasteiger partial charge >= 0.3 is 0 Å². The number of unbranched alkanes of at least 4 members (excludes halogenated alkanes) is 4. The molecule has 0 saturated carbocycles. The van der Waals surface area contributed by atoms with Crippen LogP contribution in [0.25, 0.3) is 0 Å². The Morgan fingerprint density at radius 2 is 2.06 bits per heavy atom. The van der Waals surface area contributed by atoms with Crippen molar-refractivity contribution in [3.63, 3.8) is 0 Å². The van der Waals surface area contributed by atoms with Gasteiger partial charge in [-0.1, -0.05) is 32.6 Å². The molecular weight excluding hydrogens is 202 g/mol. The lowest BCUT2D eigenvalue weighted by Crippen LogP contribution is -2.48. The van der Waals surface area contributed by atoms with Crippen LogP contribution in [0.15, 0.2) is 0 Å². The molecule has 0 aromatic heterocycles. The summed E-state index contributed by atoms with van der Waals surface area (Å²) in [5.41, 5.74) is 5.62. The Labute approximate surface area is 99.7 Å². The van der Waals surface area contributed by atoms with E-state index in [4.69, 9.17) is 15.2 Å². The summed E-state index contributed by atoms with van der Waals surface area (Å²) in [5, 5.41) is 0. The molecule has 0 bridgehead atoms. The van der Waals surface area contributed by atoms with E-state index in [0.29, 0.717) is 13.2 Å². The smallest absolute Gasteiger partial charge is 0.104 e. The highest BCUT2D eigenvalue weighted by Gasteiger charge is 2.32. The van der Waals surface area contributed by atoms with Crippen molar-refractivity contribution in [2.75, 3.05) is 26.4 Å². The molecule has 0 radical (unpaired) electrons. The molecule has 0 aromatic rings. The quantitative estimate of drug-likeness (QED) is 0.650. The average molecular weight is 229 g/mol. The van der Waals surface area contributed by atoms with Crippen molar-refractivity contribution >= 4 is 0 Å². The molecule has 1 rings (SSSR count). The number of hydrogen-bond acceptors (Lipinski definition) is 3. The first-order chi connectivity index (χ1) is 7.83. The maximum atomic E-state index is 5.95. The van der Waals surface area contributed by atoms with Crippen LogP contribution >= 0.6 is 0 Å². The van der Waals surface area contributed by atoms with Crippen molar-refractivity contribution in [3.05, 3.63) is 0 Å². The summed E-state index contributed by atoms with van der Waals surface area (Å²) < 4.78 is 11.4. The lowest BCUT2D eigenvalue weighted by Gasteiger charge is -2.35. The molecule has 3 heteroatoms. The molecule has 16 heavy (non-hydrogen) atoms. The number of nitrogens with two attached hydrogens (primary N) is 1. The minimum Gasteiger partial charge on any atom is -0.378 e. The fraction of sp³-hybridized carbons (Fsp3) is 1.00. The van der Waals surface area contributed by atoms with Crippen LogP contribution in [-0.4, -0.2) is 32.0 Å². The van der Waals surface area contributed by atoms with E-state index in [-0.39, 0.29) is 5.60 Å². The van der Waals surface area contributed by atoms with Gasteiger partial charge in [-0.15, -0.1) is 0 Å². The first-order valence-electron chi connectivity index (χ1n) is 6.75. The molecule has 0 aromatic carbocycles. The van der Waals surface area contributed by atoms with E-state index in [1.54, 1.807) is 0 Å². The minimum absolute atomic E-state index is 0.178. The number of ether oxygens (including phenoxy) is 2. The van der Waals surface area contributed by atoms with Crippen molar-refractivity contribution < 1.29 is 9.47 Å². The highest BCUT2D eigenvalue weighted by Crippen LogP contribution is 2.22. The molecule has 1 unspecified atom stereocenters. The lowest BCUT2D eigenvalue weighted by atomic mass is 9.96. The molecule has 1 atom stereocenters. The fourth-order valence-electron chi connectivity index (χ4n) is 2.15. The van der Waals surface area contributed by atoms with Crippen LogP contribution in [0.3, 0.4) is 0 Å². The lowest BCUT2D eigenvalue weighted by molar-refractivity contribution is -0.123. The molecule has 0 spiro atoms. The SMILES string of the molecule is CCCCCCCOC1(CN)CCCOC1. The van der Waals surface area contributed by atoms with Crippen LogP contribution in [0.5, 0.6) is 0 Å². The average Bonchev–Trinajstić information content (AvgIpc) is 2.35. The number of rotatable bonds is 8. The van der Waals surface area contributed by atoms with Crippen LogP contribution in [0, 0.1) is 0 Å². The second-order valence-electron chi connectivity index (χ2n) is 4.81. The van der Waals surface area contributed by atoms with Crippen molar-refractivity contribution in [2.24, 2.45) is 5.73 Å². The first-order valence-corrected chi connectivity index (χ1v) is 6.75. The number of hydrogen-bond donors (Lipinski definition) is 1. The zero-order valence-corrected chi connectivity index (χ0v) is 10.7. The predicted octanol–water partition coefficient (Wildman–Crippen LogP) is 2.48. The molecule has 1 saturated heterocycles. The Morgan fingerprint density at radius 3 is 2.69 bits per heavy atom. The molecule has 1 fully saturated rings. The maximum Gasteiger partial charge on any atom is 0.104 e. The molecule has 0 aliphatic carbocycles. The normalized spacial score (nSPS) is 25.9. The molecule has 0 amide bonds. The monoisotopic (exact) mass is 229 g/mol. The second kappa shape index (κ2) is 8.04. The van der Waals surface area contributed by atoms with Gasteiger partial charge in [0.05, 0.1) is 6.61 Å². The van der Waals surface area contributed by atoms with E-state index in [1.807, 2.05) is 0 Å². The van der Waals surface area contributed by atoms with Gasteiger partial charge < -0.3 is 15.2 Å². The van der Waals surface area contributed by atoms with E-state index in [2.05, 4.69) is 6.92 Å². The second-order valence-corrected chi connectivity index (χ2v) is 4.81. The molecule has 96 valence electrons. The summed E-state index contributed by atoms with van der Waals surface area (Å²) >= 11 is 0. The molecule has 2 N–H and O–H groups in total. The van der Waals surface area contributed by atoms with Crippen LogP contribution in [0.4, 0.5) is 0 Å². The van der Waals surface area contributed by atoms with E-state index in [9.17, 15) is 0 Å². The van der Waals surface area contributed by atoms with Gasteiger partial charge in [-0.05, 0) is 19.3 Å². The Morgan fingerprint density at radius 1 is 1.25 bits per heavy atom. The van der Waals surface area contributed by atoms with E-state index in [1.165, 1.54) is 25.7 Å². The highest BCUT2D eigenvalue weighted by atomic mass is 16.5. The summed E-state index contributed by atoms with van der Waals surface area (Å²) in [4.78, 5) is 0. The topological polar surface area (TPSA) is 44.5 Å². The van der Waals surface area contributed by atoms with Crippen molar-refractivity contribution in [1.82, 2.24) is 0 Å². The largest absolute Gasteiger partial charge is 0.378 e. The highest BCUT2D eigenvalue weighted by molar-refractivity contribution is 4.84. The van der Waals surface area contributed by atoms with E-state index in [0.717, 1.165) is 32.5 Å². The van der Waals surface area contributed by atoms with Crippen molar-refractivity contribution in [3.8, 4) is 0 Å². The minimum atomic E-state index is -0.178. The summed E-state index contributed by atoms with van der Waals surface area (Å²) in [6.07, 6.45) is 8.52. The van der Waals surface area contributed by atoms with Gasteiger partial charge in [-0.3, -0.25) is 0 Å². The van der Waals surface area contributed by atoms with Crippen LogP contribution in [-0.2, 0) is 9.47 Å². The fourth-order valence-corrected chi connectivity index (χ4v) is 2.15. The Bertz CT molecular complexity index is 167. The standard InChI is InChI=1S/C13H27NO2/c1-2-3-4-5-6-10-16-13(11-14)8-7-9-15-12-13/h2-12,14H2,1H3. The van der Waals surface area contributed by atoms with Crippen molar-refractivity contribution in [2.45, 2.75) is 57.5 Å². The van der Waals surface area contributed by atoms with Gasteiger partial charge in [0.15, 0.2) is 0 Å². The zero-order valence-electron chi connectivity index (χ0n) is 10.7. The van der Waals surface area contributed by atoms with Gasteiger partial charge in [0, 0.05) is 19.8 Å². The van der Waals surface area contributed by atoms with Gasteiger partial charge in [0.25, 0.3) is 0 Å². The van der Waals surface area contributed by atoms with Gasteiger partial charge in [-0.2, -0.15) is 0 Å². The molecule has 1 heterocycles. The van der Waals surface area contributed by atoms with Crippen molar-refractivity contribution in [1.29, 1.82) is 0 Å². The third-order valence-corrected chi connectivity index (χ3v) is 3.31. The predicted molar refractivity (Wildman–Crippen MR) is 66.5 cm³/mol. The third-order valence-electron chi connectivity index (χ3n) is 3.31. The van der Waals surface area contributed by atoms with Gasteiger partial charge in [-0.25, -0.2) is 0 Å². The van der Waals surface area contributed by atoms with Crippen LogP contribution in [0.2, 0.25) is 0 Å². The Balaban J connectivity index is 2.08. The summed E-state index contributed by atoms with van der Waals surface area (Å²) in [6.45, 7) is 5.20. The molecule has 3 nitrogen and oxygen atoms in total. The van der Waals surface area contributed by atoms with E-state index >= 15 is 0 Å².